The molecule has 0 aromatic heterocycles. The molecule has 1 saturated carbocycles. The Morgan fingerprint density at radius 1 is 1.30 bits per heavy atom. The van der Waals surface area contributed by atoms with Crippen LogP contribution >= 0.6 is 0 Å². The molecule has 154 valence electrons. The molecule has 2 rings (SSSR count). The predicted molar refractivity (Wildman–Crippen MR) is 110 cm³/mol. The Hall–Kier alpha value is -1.13. The summed E-state index contributed by atoms with van der Waals surface area (Å²) in [6, 6.07) is 0. The Bertz CT molecular complexity index is 526. The van der Waals surface area contributed by atoms with Gasteiger partial charge in [0.15, 0.2) is 0 Å². The first-order valence-corrected chi connectivity index (χ1v) is 10.9. The summed E-state index contributed by atoms with van der Waals surface area (Å²) in [6.07, 6.45) is 15.5. The average molecular weight is 378 g/mol. The van der Waals surface area contributed by atoms with E-state index in [0.29, 0.717) is 18.3 Å². The van der Waals surface area contributed by atoms with Crippen molar-refractivity contribution in [1.82, 2.24) is 4.90 Å². The van der Waals surface area contributed by atoms with Crippen LogP contribution in [0.4, 0.5) is 0 Å². The summed E-state index contributed by atoms with van der Waals surface area (Å²) in [4.78, 5) is 13.3. The number of hydrogen-bond donors (Lipinski definition) is 2. The summed E-state index contributed by atoms with van der Waals surface area (Å²) in [5.74, 6) is 1.33. The number of aliphatic hydroxyl groups is 2. The molecule has 0 saturated heterocycles. The highest BCUT2D eigenvalue weighted by atomic mass is 16.3. The molecule has 27 heavy (non-hydrogen) atoms. The highest BCUT2D eigenvalue weighted by Gasteiger charge is 2.43. The fourth-order valence-electron chi connectivity index (χ4n) is 4.60. The van der Waals surface area contributed by atoms with Crippen molar-refractivity contribution in [2.75, 3.05) is 14.1 Å². The van der Waals surface area contributed by atoms with E-state index in [4.69, 9.17) is 0 Å². The first-order chi connectivity index (χ1) is 12.9. The van der Waals surface area contributed by atoms with Crippen molar-refractivity contribution in [2.45, 2.75) is 83.3 Å². The minimum absolute atomic E-state index is 0.167. The number of carbonyl (C=O) groups excluding carboxylic acids is 1. The Morgan fingerprint density at radius 3 is 2.78 bits per heavy atom. The van der Waals surface area contributed by atoms with Gasteiger partial charge in [-0.25, -0.2) is 0 Å². The van der Waals surface area contributed by atoms with Crippen molar-refractivity contribution in [3.05, 3.63) is 23.8 Å². The highest BCUT2D eigenvalue weighted by molar-refractivity contribution is 5.75. The first kappa shape index (κ1) is 22.2. The number of rotatable bonds is 11. The van der Waals surface area contributed by atoms with Crippen LogP contribution in [0.3, 0.4) is 0 Å². The highest BCUT2D eigenvalue weighted by Crippen LogP contribution is 2.48. The van der Waals surface area contributed by atoms with E-state index in [2.05, 4.69) is 19.1 Å². The van der Waals surface area contributed by atoms with E-state index in [1.807, 2.05) is 20.2 Å². The fourth-order valence-corrected chi connectivity index (χ4v) is 4.60. The van der Waals surface area contributed by atoms with Crippen LogP contribution in [0.15, 0.2) is 23.8 Å². The topological polar surface area (TPSA) is 60.8 Å². The van der Waals surface area contributed by atoms with Crippen molar-refractivity contribution < 1.29 is 15.0 Å². The number of unbranched alkanes of at least 4 members (excludes halogenated alkanes) is 3. The van der Waals surface area contributed by atoms with E-state index in [1.54, 1.807) is 4.90 Å². The standard InChI is InChI=1S/C23H39NO3/c1-4-5-6-10-19(25)12-13-20-21-15-17(14-18(21)16-22(20)26)9-7-8-11-23(27)24(2)3/h12-14,18-22,25-26H,4-11,15-16H2,1-3H3/t18-,19-,20+,21-,22-/m1/s1. The summed E-state index contributed by atoms with van der Waals surface area (Å²) >= 11 is 0. The smallest absolute Gasteiger partial charge is 0.222 e. The van der Waals surface area contributed by atoms with E-state index in [-0.39, 0.29) is 24.0 Å². The van der Waals surface area contributed by atoms with E-state index < -0.39 is 0 Å². The third-order valence-corrected chi connectivity index (χ3v) is 6.25. The molecular weight excluding hydrogens is 338 g/mol. The number of carbonyl (C=O) groups is 1. The Balaban J connectivity index is 1.76. The van der Waals surface area contributed by atoms with Crippen LogP contribution in [-0.4, -0.2) is 47.3 Å². The molecule has 0 spiro atoms. The molecule has 4 heteroatoms. The minimum atomic E-state index is -0.383. The van der Waals surface area contributed by atoms with Gasteiger partial charge < -0.3 is 15.1 Å². The van der Waals surface area contributed by atoms with E-state index in [0.717, 1.165) is 51.4 Å². The lowest BCUT2D eigenvalue weighted by Crippen LogP contribution is -2.21. The molecule has 2 aliphatic rings. The number of hydrogen-bond acceptors (Lipinski definition) is 3. The monoisotopic (exact) mass is 377 g/mol. The lowest BCUT2D eigenvalue weighted by Gasteiger charge is -2.19. The number of fused-ring (bicyclic) bond motifs is 1. The van der Waals surface area contributed by atoms with Gasteiger partial charge in [0.2, 0.25) is 5.91 Å². The van der Waals surface area contributed by atoms with Crippen molar-refractivity contribution >= 4 is 5.91 Å². The maximum atomic E-state index is 11.6. The normalized spacial score (nSPS) is 28.4. The Kier molecular flexibility index (Phi) is 9.04. The van der Waals surface area contributed by atoms with Crippen LogP contribution in [-0.2, 0) is 4.79 Å². The van der Waals surface area contributed by atoms with E-state index in [1.165, 1.54) is 12.0 Å². The summed E-state index contributed by atoms with van der Waals surface area (Å²) in [6.45, 7) is 2.17. The van der Waals surface area contributed by atoms with Crippen molar-refractivity contribution in [2.24, 2.45) is 17.8 Å². The van der Waals surface area contributed by atoms with Gasteiger partial charge in [-0.2, -0.15) is 0 Å². The van der Waals surface area contributed by atoms with Crippen LogP contribution in [0, 0.1) is 17.8 Å². The second-order valence-electron chi connectivity index (χ2n) is 8.68. The number of nitrogens with zero attached hydrogens (tertiary/aromatic N) is 1. The van der Waals surface area contributed by atoms with Gasteiger partial charge >= 0.3 is 0 Å². The van der Waals surface area contributed by atoms with Gasteiger partial charge in [0.1, 0.15) is 0 Å². The molecule has 0 aromatic rings. The number of allylic oxidation sites excluding steroid dienone is 2. The minimum Gasteiger partial charge on any atom is -0.392 e. The lowest BCUT2D eigenvalue weighted by molar-refractivity contribution is -0.128. The quantitative estimate of drug-likeness (QED) is 0.421. The zero-order chi connectivity index (χ0) is 19.8. The fraction of sp³-hybridized carbons (Fsp3) is 0.783. The van der Waals surface area contributed by atoms with Crippen molar-refractivity contribution in [3.8, 4) is 0 Å². The summed E-state index contributed by atoms with van der Waals surface area (Å²) in [5.41, 5.74) is 1.50. The van der Waals surface area contributed by atoms with Gasteiger partial charge in [0.25, 0.3) is 0 Å². The summed E-state index contributed by atoms with van der Waals surface area (Å²) in [5, 5.41) is 20.6. The molecule has 2 aliphatic carbocycles. The molecule has 5 atom stereocenters. The van der Waals surface area contributed by atoms with Crippen molar-refractivity contribution in [1.29, 1.82) is 0 Å². The van der Waals surface area contributed by atoms with Crippen LogP contribution in [0.1, 0.15) is 71.1 Å². The average Bonchev–Trinajstić information content (AvgIpc) is 3.13. The SMILES string of the molecule is CCCCC[C@@H](O)C=C[C@H]1[C@@H]2CC(CCCCC(=O)N(C)C)=C[C@@H]2C[C@H]1O. The van der Waals surface area contributed by atoms with Gasteiger partial charge in [0.05, 0.1) is 12.2 Å². The Labute approximate surface area is 165 Å². The largest absolute Gasteiger partial charge is 0.392 e. The van der Waals surface area contributed by atoms with Crippen molar-refractivity contribution in [3.63, 3.8) is 0 Å². The molecular formula is C23H39NO3. The summed E-state index contributed by atoms with van der Waals surface area (Å²) in [7, 11) is 3.62. The molecule has 0 heterocycles. The van der Waals surface area contributed by atoms with Crippen LogP contribution < -0.4 is 0 Å². The molecule has 4 nitrogen and oxygen atoms in total. The predicted octanol–water partition coefficient (Wildman–Crippen LogP) is 4.08. The third-order valence-electron chi connectivity index (χ3n) is 6.25. The summed E-state index contributed by atoms with van der Waals surface area (Å²) < 4.78 is 0. The van der Waals surface area contributed by atoms with Gasteiger partial charge in [-0.1, -0.05) is 50.0 Å². The molecule has 0 unspecified atom stereocenters. The van der Waals surface area contributed by atoms with Crippen LogP contribution in [0.25, 0.3) is 0 Å². The first-order valence-electron chi connectivity index (χ1n) is 10.9. The van der Waals surface area contributed by atoms with Gasteiger partial charge in [0, 0.05) is 26.4 Å². The molecule has 0 aromatic carbocycles. The maximum Gasteiger partial charge on any atom is 0.222 e. The molecule has 1 fully saturated rings. The molecule has 0 bridgehead atoms. The zero-order valence-electron chi connectivity index (χ0n) is 17.4. The van der Waals surface area contributed by atoms with Gasteiger partial charge in [-0.3, -0.25) is 4.79 Å². The molecule has 0 aliphatic heterocycles. The second kappa shape index (κ2) is 11.0. The Morgan fingerprint density at radius 2 is 2.07 bits per heavy atom. The molecule has 2 N–H and O–H groups in total. The molecule has 1 amide bonds. The van der Waals surface area contributed by atoms with Gasteiger partial charge in [-0.05, 0) is 50.4 Å². The zero-order valence-corrected chi connectivity index (χ0v) is 17.4. The van der Waals surface area contributed by atoms with E-state index in [9.17, 15) is 15.0 Å². The van der Waals surface area contributed by atoms with Crippen LogP contribution in [0.5, 0.6) is 0 Å². The van der Waals surface area contributed by atoms with Crippen LogP contribution in [0.2, 0.25) is 0 Å². The third kappa shape index (κ3) is 6.76. The number of amides is 1. The number of aliphatic hydroxyl groups excluding tert-OH is 2. The molecule has 0 radical (unpaired) electrons. The second-order valence-corrected chi connectivity index (χ2v) is 8.68. The maximum absolute atomic E-state index is 11.6. The van der Waals surface area contributed by atoms with E-state index >= 15 is 0 Å². The lowest BCUT2D eigenvalue weighted by atomic mass is 9.88. The van der Waals surface area contributed by atoms with Gasteiger partial charge in [-0.15, -0.1) is 0 Å².